The van der Waals surface area contributed by atoms with Gasteiger partial charge in [-0.1, -0.05) is 17.7 Å². The van der Waals surface area contributed by atoms with Crippen molar-refractivity contribution in [3.63, 3.8) is 0 Å². The predicted molar refractivity (Wildman–Crippen MR) is 66.4 cm³/mol. The molecule has 88 valence electrons. The van der Waals surface area contributed by atoms with Crippen molar-refractivity contribution in [3.8, 4) is 0 Å². The maximum atomic E-state index is 13.2. The Morgan fingerprint density at radius 2 is 2.06 bits per heavy atom. The van der Waals surface area contributed by atoms with Gasteiger partial charge in [0, 0.05) is 10.7 Å². The Labute approximate surface area is 104 Å². The van der Waals surface area contributed by atoms with E-state index < -0.39 is 6.04 Å². The number of halogens is 2. The number of rotatable bonds is 2. The third-order valence-electron chi connectivity index (χ3n) is 2.52. The van der Waals surface area contributed by atoms with E-state index >= 15 is 0 Å². The van der Waals surface area contributed by atoms with Crippen LogP contribution in [0.4, 0.5) is 4.39 Å². The van der Waals surface area contributed by atoms with E-state index in [4.69, 9.17) is 17.3 Å². The molecular weight excluding hydrogens is 239 g/mol. The van der Waals surface area contributed by atoms with Gasteiger partial charge in [-0.05, 0) is 42.8 Å². The maximum absolute atomic E-state index is 13.2. The van der Waals surface area contributed by atoms with Crippen LogP contribution in [0.1, 0.15) is 23.0 Å². The fourth-order valence-electron chi connectivity index (χ4n) is 1.65. The number of nitrogens with zero attached hydrogens (tertiary/aromatic N) is 1. The summed E-state index contributed by atoms with van der Waals surface area (Å²) < 4.78 is 13.2. The van der Waals surface area contributed by atoms with Gasteiger partial charge in [0.2, 0.25) is 0 Å². The summed E-state index contributed by atoms with van der Waals surface area (Å²) in [6, 6.07) is 9.19. The molecule has 2 nitrogen and oxygen atoms in total. The van der Waals surface area contributed by atoms with Gasteiger partial charge in [-0.25, -0.2) is 4.39 Å². The molecule has 0 radical (unpaired) electrons. The van der Waals surface area contributed by atoms with Gasteiger partial charge >= 0.3 is 0 Å². The zero-order valence-corrected chi connectivity index (χ0v) is 10.1. The van der Waals surface area contributed by atoms with Gasteiger partial charge in [0.05, 0.1) is 11.7 Å². The highest BCUT2D eigenvalue weighted by Crippen LogP contribution is 2.26. The summed E-state index contributed by atoms with van der Waals surface area (Å²) in [6.45, 7) is 1.88. The summed E-state index contributed by atoms with van der Waals surface area (Å²) >= 11 is 6.01. The van der Waals surface area contributed by atoms with Crippen molar-refractivity contribution in [2.45, 2.75) is 13.0 Å². The first-order valence-electron chi connectivity index (χ1n) is 5.22. The quantitative estimate of drug-likeness (QED) is 0.889. The van der Waals surface area contributed by atoms with Crippen LogP contribution in [0.2, 0.25) is 5.02 Å². The van der Waals surface area contributed by atoms with Gasteiger partial charge in [0.15, 0.2) is 0 Å². The number of hydrogen-bond acceptors (Lipinski definition) is 2. The molecule has 2 aromatic rings. The Bertz CT molecular complexity index is 543. The average molecular weight is 251 g/mol. The van der Waals surface area contributed by atoms with Gasteiger partial charge < -0.3 is 5.73 Å². The molecule has 1 heterocycles. The van der Waals surface area contributed by atoms with E-state index in [-0.39, 0.29) is 5.82 Å². The molecule has 1 unspecified atom stereocenters. The van der Waals surface area contributed by atoms with Crippen molar-refractivity contribution in [2.24, 2.45) is 5.73 Å². The minimum absolute atomic E-state index is 0.354. The molecule has 1 atom stereocenters. The van der Waals surface area contributed by atoms with Crippen molar-refractivity contribution in [2.75, 3.05) is 0 Å². The first-order chi connectivity index (χ1) is 8.08. The predicted octanol–water partition coefficient (Wildman–Crippen LogP) is 3.23. The van der Waals surface area contributed by atoms with Crippen molar-refractivity contribution in [1.29, 1.82) is 0 Å². The number of hydrogen-bond donors (Lipinski definition) is 1. The third-order valence-corrected chi connectivity index (χ3v) is 2.87. The highest BCUT2D eigenvalue weighted by atomic mass is 35.5. The Balaban J connectivity index is 2.43. The van der Waals surface area contributed by atoms with Gasteiger partial charge in [-0.3, -0.25) is 4.98 Å². The SMILES string of the molecule is Cc1cccc(C(N)c2cc(F)ccc2Cl)n1. The molecule has 0 spiro atoms. The number of benzene rings is 1. The summed E-state index contributed by atoms with van der Waals surface area (Å²) in [4.78, 5) is 4.31. The molecule has 2 N–H and O–H groups in total. The fraction of sp³-hybridized carbons (Fsp3) is 0.154. The van der Waals surface area contributed by atoms with Crippen LogP contribution in [0.15, 0.2) is 36.4 Å². The lowest BCUT2D eigenvalue weighted by atomic mass is 10.0. The average Bonchev–Trinajstić information content (AvgIpc) is 2.31. The lowest BCUT2D eigenvalue weighted by Crippen LogP contribution is -2.14. The zero-order chi connectivity index (χ0) is 12.4. The number of aromatic nitrogens is 1. The Morgan fingerprint density at radius 3 is 2.76 bits per heavy atom. The summed E-state index contributed by atoms with van der Waals surface area (Å²) in [6.07, 6.45) is 0. The van der Waals surface area contributed by atoms with E-state index in [1.807, 2.05) is 19.1 Å². The summed E-state index contributed by atoms with van der Waals surface area (Å²) in [5.74, 6) is -0.354. The van der Waals surface area contributed by atoms with Crippen LogP contribution in [0.25, 0.3) is 0 Å². The minimum Gasteiger partial charge on any atom is -0.319 e. The fourth-order valence-corrected chi connectivity index (χ4v) is 1.88. The molecule has 1 aromatic carbocycles. The molecule has 2 rings (SSSR count). The van der Waals surface area contributed by atoms with Crippen molar-refractivity contribution >= 4 is 11.6 Å². The van der Waals surface area contributed by atoms with Crippen molar-refractivity contribution in [1.82, 2.24) is 4.98 Å². The first-order valence-corrected chi connectivity index (χ1v) is 5.60. The van der Waals surface area contributed by atoms with E-state index in [0.29, 0.717) is 16.3 Å². The zero-order valence-electron chi connectivity index (χ0n) is 9.32. The van der Waals surface area contributed by atoms with E-state index in [9.17, 15) is 4.39 Å². The van der Waals surface area contributed by atoms with E-state index in [0.717, 1.165) is 5.69 Å². The third kappa shape index (κ3) is 2.62. The Hall–Kier alpha value is -1.45. The Morgan fingerprint density at radius 1 is 1.29 bits per heavy atom. The number of aryl methyl sites for hydroxylation is 1. The number of pyridine rings is 1. The minimum atomic E-state index is -0.516. The van der Waals surface area contributed by atoms with E-state index in [1.165, 1.54) is 18.2 Å². The molecule has 0 aliphatic rings. The lowest BCUT2D eigenvalue weighted by Gasteiger charge is -2.13. The molecule has 0 saturated carbocycles. The van der Waals surface area contributed by atoms with Crippen LogP contribution in [0.5, 0.6) is 0 Å². The second kappa shape index (κ2) is 4.82. The van der Waals surface area contributed by atoms with E-state index in [2.05, 4.69) is 4.98 Å². The molecular formula is C13H12ClFN2. The second-order valence-corrected chi connectivity index (χ2v) is 4.25. The van der Waals surface area contributed by atoms with Crippen LogP contribution in [-0.4, -0.2) is 4.98 Å². The molecule has 0 aliphatic heterocycles. The van der Waals surface area contributed by atoms with Crippen LogP contribution < -0.4 is 5.73 Å². The van der Waals surface area contributed by atoms with Crippen LogP contribution in [0, 0.1) is 12.7 Å². The largest absolute Gasteiger partial charge is 0.319 e. The maximum Gasteiger partial charge on any atom is 0.123 e. The van der Waals surface area contributed by atoms with Crippen LogP contribution >= 0.6 is 11.6 Å². The van der Waals surface area contributed by atoms with Gasteiger partial charge in [0.1, 0.15) is 5.82 Å². The number of nitrogens with two attached hydrogens (primary N) is 1. The molecule has 0 saturated heterocycles. The van der Waals surface area contributed by atoms with Gasteiger partial charge in [-0.2, -0.15) is 0 Å². The molecule has 1 aromatic heterocycles. The Kier molecular flexibility index (Phi) is 3.41. The standard InChI is InChI=1S/C13H12ClFN2/c1-8-3-2-4-12(17-8)13(16)10-7-9(15)5-6-11(10)14/h2-7,13H,16H2,1H3. The van der Waals surface area contributed by atoms with Crippen LogP contribution in [-0.2, 0) is 0 Å². The topological polar surface area (TPSA) is 38.9 Å². The molecule has 0 aliphatic carbocycles. The molecule has 0 bridgehead atoms. The first kappa shape index (κ1) is 12.0. The monoisotopic (exact) mass is 250 g/mol. The van der Waals surface area contributed by atoms with Gasteiger partial charge in [0.25, 0.3) is 0 Å². The normalized spacial score (nSPS) is 12.5. The summed E-state index contributed by atoms with van der Waals surface area (Å²) in [5.41, 5.74) is 8.13. The van der Waals surface area contributed by atoms with Crippen molar-refractivity contribution in [3.05, 3.63) is 64.2 Å². The van der Waals surface area contributed by atoms with Crippen LogP contribution in [0.3, 0.4) is 0 Å². The highest BCUT2D eigenvalue weighted by Gasteiger charge is 2.14. The summed E-state index contributed by atoms with van der Waals surface area (Å²) in [5, 5.41) is 0.446. The van der Waals surface area contributed by atoms with Crippen molar-refractivity contribution < 1.29 is 4.39 Å². The molecule has 4 heteroatoms. The second-order valence-electron chi connectivity index (χ2n) is 3.85. The molecule has 0 amide bonds. The lowest BCUT2D eigenvalue weighted by molar-refractivity contribution is 0.623. The molecule has 17 heavy (non-hydrogen) atoms. The van der Waals surface area contributed by atoms with E-state index in [1.54, 1.807) is 6.07 Å². The van der Waals surface area contributed by atoms with Gasteiger partial charge in [-0.15, -0.1) is 0 Å². The highest BCUT2D eigenvalue weighted by molar-refractivity contribution is 6.31. The molecule has 0 fully saturated rings. The summed E-state index contributed by atoms with van der Waals surface area (Å²) in [7, 11) is 0. The smallest absolute Gasteiger partial charge is 0.123 e.